The minimum Gasteiger partial charge on any atom is -0.298 e. The van der Waals surface area contributed by atoms with Crippen molar-refractivity contribution in [2.45, 2.75) is 9.92 Å². The largest absolute Gasteiger partial charge is 0.298 e. The molecular formula is C15H9ClN2OS. The standard InChI is InChI=1S/C15H9ClN2OS/c16-12-7-10(8-19)5-6-14(12)20-15-11-3-1-2-4-13(11)17-9-18-15/h1-9H. The molecule has 0 aliphatic rings. The lowest BCUT2D eigenvalue weighted by molar-refractivity contribution is 0.112. The van der Waals surface area contributed by atoms with Crippen LogP contribution >= 0.6 is 23.4 Å². The number of carbonyl (C=O) groups excluding carboxylic acids is 1. The van der Waals surface area contributed by atoms with Gasteiger partial charge in [-0.2, -0.15) is 0 Å². The van der Waals surface area contributed by atoms with E-state index < -0.39 is 0 Å². The first-order chi connectivity index (χ1) is 9.78. The van der Waals surface area contributed by atoms with Crippen molar-refractivity contribution in [3.8, 4) is 0 Å². The number of aromatic nitrogens is 2. The van der Waals surface area contributed by atoms with Gasteiger partial charge in [-0.1, -0.05) is 47.6 Å². The van der Waals surface area contributed by atoms with Gasteiger partial charge >= 0.3 is 0 Å². The fourth-order valence-electron chi connectivity index (χ4n) is 1.84. The van der Waals surface area contributed by atoms with E-state index in [1.54, 1.807) is 18.5 Å². The van der Waals surface area contributed by atoms with Gasteiger partial charge in [-0.25, -0.2) is 9.97 Å². The summed E-state index contributed by atoms with van der Waals surface area (Å²) in [5.74, 6) is 0. The van der Waals surface area contributed by atoms with E-state index in [2.05, 4.69) is 9.97 Å². The summed E-state index contributed by atoms with van der Waals surface area (Å²) >= 11 is 7.65. The topological polar surface area (TPSA) is 42.9 Å². The maximum Gasteiger partial charge on any atom is 0.150 e. The minimum atomic E-state index is 0.544. The van der Waals surface area contributed by atoms with E-state index in [1.807, 2.05) is 30.3 Å². The molecule has 0 N–H and O–H groups in total. The van der Waals surface area contributed by atoms with Gasteiger partial charge in [0.25, 0.3) is 0 Å². The first kappa shape index (κ1) is 13.1. The molecule has 0 aliphatic heterocycles. The summed E-state index contributed by atoms with van der Waals surface area (Å²) < 4.78 is 0. The van der Waals surface area contributed by atoms with Gasteiger partial charge in [-0.05, 0) is 18.2 Å². The lowest BCUT2D eigenvalue weighted by atomic mass is 10.2. The molecule has 3 aromatic rings. The number of fused-ring (bicyclic) bond motifs is 1. The Morgan fingerprint density at radius 3 is 2.75 bits per heavy atom. The van der Waals surface area contributed by atoms with E-state index in [0.717, 1.165) is 27.1 Å². The lowest BCUT2D eigenvalue weighted by Crippen LogP contribution is -1.87. The summed E-state index contributed by atoms with van der Waals surface area (Å²) in [5, 5.41) is 2.37. The highest BCUT2D eigenvalue weighted by atomic mass is 35.5. The molecule has 3 rings (SSSR count). The summed E-state index contributed by atoms with van der Waals surface area (Å²) in [4.78, 5) is 20.1. The van der Waals surface area contributed by atoms with E-state index in [-0.39, 0.29) is 0 Å². The van der Waals surface area contributed by atoms with Crippen LogP contribution in [0.3, 0.4) is 0 Å². The van der Waals surface area contributed by atoms with Gasteiger partial charge in [-0.15, -0.1) is 0 Å². The van der Waals surface area contributed by atoms with Crippen molar-refractivity contribution in [3.05, 3.63) is 59.4 Å². The Morgan fingerprint density at radius 1 is 1.10 bits per heavy atom. The molecule has 1 aromatic heterocycles. The van der Waals surface area contributed by atoms with Crippen LogP contribution in [0.4, 0.5) is 0 Å². The van der Waals surface area contributed by atoms with Crippen molar-refractivity contribution in [2.75, 3.05) is 0 Å². The predicted octanol–water partition coefficient (Wildman–Crippen LogP) is 4.25. The first-order valence-corrected chi connectivity index (χ1v) is 7.10. The Hall–Kier alpha value is -1.91. The Bertz CT molecular complexity index is 786. The molecule has 1 heterocycles. The van der Waals surface area contributed by atoms with E-state index in [9.17, 15) is 4.79 Å². The molecule has 0 unspecified atom stereocenters. The number of carbonyl (C=O) groups is 1. The number of benzene rings is 2. The highest BCUT2D eigenvalue weighted by Crippen LogP contribution is 2.35. The molecule has 5 heteroatoms. The Labute approximate surface area is 125 Å². The minimum absolute atomic E-state index is 0.544. The SMILES string of the molecule is O=Cc1ccc(Sc2ncnc3ccccc23)c(Cl)c1. The number of aldehydes is 1. The Balaban J connectivity index is 2.03. The molecule has 2 aromatic carbocycles. The van der Waals surface area contributed by atoms with Crippen molar-refractivity contribution >= 4 is 40.6 Å². The average Bonchev–Trinajstić information content (AvgIpc) is 2.49. The summed E-state index contributed by atoms with van der Waals surface area (Å²) in [6, 6.07) is 13.0. The smallest absolute Gasteiger partial charge is 0.150 e. The van der Waals surface area contributed by atoms with Gasteiger partial charge in [0, 0.05) is 15.8 Å². The van der Waals surface area contributed by atoms with Crippen LogP contribution in [0.5, 0.6) is 0 Å². The molecule has 0 fully saturated rings. The van der Waals surface area contributed by atoms with Crippen molar-refractivity contribution in [1.29, 1.82) is 0 Å². The number of rotatable bonds is 3. The molecule has 98 valence electrons. The van der Waals surface area contributed by atoms with Crippen LogP contribution in [0.15, 0.2) is 58.7 Å². The van der Waals surface area contributed by atoms with Gasteiger partial charge in [0.05, 0.1) is 10.5 Å². The summed E-state index contributed by atoms with van der Waals surface area (Å²) in [5.41, 5.74) is 1.46. The molecule has 0 aliphatic carbocycles. The molecule has 3 nitrogen and oxygen atoms in total. The highest BCUT2D eigenvalue weighted by Gasteiger charge is 2.08. The summed E-state index contributed by atoms with van der Waals surface area (Å²) in [6.45, 7) is 0. The number of hydrogen-bond donors (Lipinski definition) is 0. The molecule has 20 heavy (non-hydrogen) atoms. The maximum absolute atomic E-state index is 10.7. The number of hydrogen-bond acceptors (Lipinski definition) is 4. The zero-order chi connectivity index (χ0) is 13.9. The van der Waals surface area contributed by atoms with Gasteiger partial charge in [-0.3, -0.25) is 4.79 Å². The van der Waals surface area contributed by atoms with Crippen LogP contribution < -0.4 is 0 Å². The molecule has 0 atom stereocenters. The maximum atomic E-state index is 10.7. The van der Waals surface area contributed by atoms with Crippen LogP contribution in [0, 0.1) is 0 Å². The van der Waals surface area contributed by atoms with Gasteiger partial charge in [0.15, 0.2) is 0 Å². The van der Waals surface area contributed by atoms with Gasteiger partial charge in [0.1, 0.15) is 17.6 Å². The van der Waals surface area contributed by atoms with Crippen molar-refractivity contribution in [2.24, 2.45) is 0 Å². The third kappa shape index (κ3) is 2.53. The average molecular weight is 301 g/mol. The Kier molecular flexibility index (Phi) is 3.67. The van der Waals surface area contributed by atoms with E-state index in [1.165, 1.54) is 11.8 Å². The van der Waals surface area contributed by atoms with Gasteiger partial charge < -0.3 is 0 Å². The molecule has 0 radical (unpaired) electrons. The van der Waals surface area contributed by atoms with Crippen molar-refractivity contribution in [1.82, 2.24) is 9.97 Å². The van der Waals surface area contributed by atoms with Crippen LogP contribution in [0.2, 0.25) is 5.02 Å². The third-order valence-corrected chi connectivity index (χ3v) is 4.32. The van der Waals surface area contributed by atoms with E-state index >= 15 is 0 Å². The van der Waals surface area contributed by atoms with E-state index in [4.69, 9.17) is 11.6 Å². The lowest BCUT2D eigenvalue weighted by Gasteiger charge is -2.06. The summed E-state index contributed by atoms with van der Waals surface area (Å²) in [6.07, 6.45) is 2.32. The zero-order valence-corrected chi connectivity index (χ0v) is 11.9. The van der Waals surface area contributed by atoms with Crippen LogP contribution in [0.25, 0.3) is 10.9 Å². The molecule has 0 spiro atoms. The molecule has 0 bridgehead atoms. The normalized spacial score (nSPS) is 10.7. The second kappa shape index (κ2) is 5.61. The first-order valence-electron chi connectivity index (χ1n) is 5.90. The second-order valence-corrected chi connectivity index (χ2v) is 5.54. The molecule has 0 amide bonds. The predicted molar refractivity (Wildman–Crippen MR) is 80.5 cm³/mol. The van der Waals surface area contributed by atoms with Crippen LogP contribution in [-0.2, 0) is 0 Å². The van der Waals surface area contributed by atoms with Crippen LogP contribution in [-0.4, -0.2) is 16.3 Å². The van der Waals surface area contributed by atoms with Crippen molar-refractivity contribution in [3.63, 3.8) is 0 Å². The quantitative estimate of drug-likeness (QED) is 0.536. The van der Waals surface area contributed by atoms with Gasteiger partial charge in [0.2, 0.25) is 0 Å². The number of nitrogens with zero attached hydrogens (tertiary/aromatic N) is 2. The second-order valence-electron chi connectivity index (χ2n) is 4.11. The Morgan fingerprint density at radius 2 is 1.95 bits per heavy atom. The van der Waals surface area contributed by atoms with Crippen LogP contribution in [0.1, 0.15) is 10.4 Å². The summed E-state index contributed by atoms with van der Waals surface area (Å²) in [7, 11) is 0. The third-order valence-electron chi connectivity index (χ3n) is 2.80. The highest BCUT2D eigenvalue weighted by molar-refractivity contribution is 7.99. The number of halogens is 1. The fourth-order valence-corrected chi connectivity index (χ4v) is 3.03. The molecule has 0 saturated carbocycles. The zero-order valence-electron chi connectivity index (χ0n) is 10.3. The van der Waals surface area contributed by atoms with E-state index in [0.29, 0.717) is 10.6 Å². The van der Waals surface area contributed by atoms with Crippen molar-refractivity contribution < 1.29 is 4.79 Å². The fraction of sp³-hybridized carbons (Fsp3) is 0. The molecule has 0 saturated heterocycles. The monoisotopic (exact) mass is 300 g/mol. The molecular weight excluding hydrogens is 292 g/mol. The number of para-hydroxylation sites is 1.